The number of hydrogen-bond donors (Lipinski definition) is 1. The predicted octanol–water partition coefficient (Wildman–Crippen LogP) is 3.84. The smallest absolute Gasteiger partial charge is 0.256 e. The maximum Gasteiger partial charge on any atom is 0.256 e. The molecular weight excluding hydrogens is 312 g/mol. The van der Waals surface area contributed by atoms with Gasteiger partial charge in [0.05, 0.1) is 6.04 Å². The lowest BCUT2D eigenvalue weighted by atomic mass is 10.0. The van der Waals surface area contributed by atoms with Crippen LogP contribution in [0.1, 0.15) is 41.4 Å². The van der Waals surface area contributed by atoms with Crippen LogP contribution in [0.5, 0.6) is 0 Å². The molecular formula is C21H24N2O2. The van der Waals surface area contributed by atoms with Crippen molar-refractivity contribution in [2.24, 2.45) is 0 Å². The molecule has 0 aliphatic carbocycles. The van der Waals surface area contributed by atoms with Gasteiger partial charge in [0.25, 0.3) is 11.5 Å². The molecule has 1 N–H and O–H groups in total. The van der Waals surface area contributed by atoms with E-state index in [0.29, 0.717) is 17.7 Å². The molecule has 0 bridgehead atoms. The van der Waals surface area contributed by atoms with Gasteiger partial charge in [0.2, 0.25) is 0 Å². The Hall–Kier alpha value is -2.62. The van der Waals surface area contributed by atoms with Crippen molar-refractivity contribution in [3.8, 4) is 11.1 Å². The Kier molecular flexibility index (Phi) is 4.88. The average Bonchev–Trinajstić information content (AvgIpc) is 3.06. The molecule has 1 aromatic carbocycles. The van der Waals surface area contributed by atoms with Gasteiger partial charge in [0, 0.05) is 23.4 Å². The van der Waals surface area contributed by atoms with Crippen LogP contribution in [0.2, 0.25) is 0 Å². The highest BCUT2D eigenvalue weighted by molar-refractivity contribution is 5.95. The molecule has 0 fully saturated rings. The lowest BCUT2D eigenvalue weighted by molar-refractivity contribution is 0.0744. The van der Waals surface area contributed by atoms with E-state index in [1.54, 1.807) is 0 Å². The van der Waals surface area contributed by atoms with Crippen LogP contribution in [0, 0.1) is 13.8 Å². The Labute approximate surface area is 148 Å². The minimum absolute atomic E-state index is 0.0454. The number of nitrogens with zero attached hydrogens (tertiary/aromatic N) is 1. The van der Waals surface area contributed by atoms with Gasteiger partial charge in [0.15, 0.2) is 0 Å². The van der Waals surface area contributed by atoms with Gasteiger partial charge >= 0.3 is 0 Å². The summed E-state index contributed by atoms with van der Waals surface area (Å²) in [5.41, 5.74) is 3.94. The largest absolute Gasteiger partial charge is 0.328 e. The molecule has 1 atom stereocenters. The second-order valence-electron chi connectivity index (χ2n) is 6.64. The maximum atomic E-state index is 12.8. The van der Waals surface area contributed by atoms with E-state index >= 15 is 0 Å². The monoisotopic (exact) mass is 336 g/mol. The van der Waals surface area contributed by atoms with Crippen LogP contribution in [0.15, 0.2) is 47.3 Å². The van der Waals surface area contributed by atoms with Crippen LogP contribution in [0.25, 0.3) is 11.1 Å². The Bertz CT molecular complexity index is 862. The number of H-pyrrole nitrogens is 1. The molecule has 4 nitrogen and oxygen atoms in total. The minimum atomic E-state index is -0.103. The molecule has 0 unspecified atom stereocenters. The topological polar surface area (TPSA) is 53.2 Å². The van der Waals surface area contributed by atoms with Gasteiger partial charge in [-0.3, -0.25) is 9.59 Å². The predicted molar refractivity (Wildman–Crippen MR) is 101 cm³/mol. The van der Waals surface area contributed by atoms with Gasteiger partial charge in [-0.05, 0) is 49.6 Å². The van der Waals surface area contributed by atoms with Crippen LogP contribution in [-0.2, 0) is 0 Å². The number of benzene rings is 1. The van der Waals surface area contributed by atoms with E-state index in [-0.39, 0.29) is 17.5 Å². The van der Waals surface area contributed by atoms with Crippen LogP contribution in [0.3, 0.4) is 0 Å². The number of aryl methyl sites for hydroxylation is 2. The van der Waals surface area contributed by atoms with Gasteiger partial charge in [0.1, 0.15) is 0 Å². The fraction of sp³-hybridized carbons (Fsp3) is 0.333. The Balaban J connectivity index is 1.84. The lowest BCUT2D eigenvalue weighted by Crippen LogP contribution is -2.35. The van der Waals surface area contributed by atoms with E-state index in [9.17, 15) is 9.59 Å². The highest BCUT2D eigenvalue weighted by Gasteiger charge is 2.24. The summed E-state index contributed by atoms with van der Waals surface area (Å²) in [5, 5.41) is 0. The SMILES string of the molecule is CCC[C@H]1C=CCN1C(=O)c1ccc(-c2cc(C)c(C)[nH]c2=O)cc1. The first kappa shape index (κ1) is 17.2. The van der Waals surface area contributed by atoms with E-state index in [2.05, 4.69) is 24.1 Å². The molecule has 0 radical (unpaired) electrons. The van der Waals surface area contributed by atoms with Crippen LogP contribution < -0.4 is 5.56 Å². The van der Waals surface area contributed by atoms with Crippen LogP contribution in [-0.4, -0.2) is 28.4 Å². The normalized spacial score (nSPS) is 16.4. The number of amides is 1. The fourth-order valence-corrected chi connectivity index (χ4v) is 3.25. The first-order valence-corrected chi connectivity index (χ1v) is 8.80. The lowest BCUT2D eigenvalue weighted by Gasteiger charge is -2.24. The second-order valence-corrected chi connectivity index (χ2v) is 6.64. The number of aromatic nitrogens is 1. The quantitative estimate of drug-likeness (QED) is 0.863. The number of carbonyl (C=O) groups is 1. The molecule has 1 aromatic heterocycles. The number of carbonyl (C=O) groups excluding carboxylic acids is 1. The van der Waals surface area contributed by atoms with E-state index in [1.807, 2.05) is 49.1 Å². The number of nitrogens with one attached hydrogen (secondary N) is 1. The zero-order chi connectivity index (χ0) is 18.0. The molecule has 2 heterocycles. The summed E-state index contributed by atoms with van der Waals surface area (Å²) >= 11 is 0. The van der Waals surface area contributed by atoms with Crippen molar-refractivity contribution in [1.82, 2.24) is 9.88 Å². The molecule has 0 spiro atoms. The van der Waals surface area contributed by atoms with Crippen molar-refractivity contribution in [1.29, 1.82) is 0 Å². The Morgan fingerprint density at radius 1 is 1.24 bits per heavy atom. The summed E-state index contributed by atoms with van der Waals surface area (Å²) in [6.45, 7) is 6.66. The van der Waals surface area contributed by atoms with Crippen molar-refractivity contribution < 1.29 is 4.79 Å². The number of pyridine rings is 1. The molecule has 0 saturated heterocycles. The molecule has 130 valence electrons. The second kappa shape index (κ2) is 7.09. The zero-order valence-corrected chi connectivity index (χ0v) is 15.0. The third-order valence-electron chi connectivity index (χ3n) is 4.85. The molecule has 4 heteroatoms. The van der Waals surface area contributed by atoms with Gasteiger partial charge in [-0.2, -0.15) is 0 Å². The Morgan fingerprint density at radius 2 is 1.96 bits per heavy atom. The van der Waals surface area contributed by atoms with Crippen molar-refractivity contribution in [3.05, 3.63) is 69.7 Å². The van der Waals surface area contributed by atoms with Crippen LogP contribution in [0.4, 0.5) is 0 Å². The maximum absolute atomic E-state index is 12.8. The third-order valence-corrected chi connectivity index (χ3v) is 4.85. The standard InChI is InChI=1S/C21H24N2O2/c1-4-6-18-7-5-12-23(18)21(25)17-10-8-16(9-11-17)19-13-14(2)15(3)22-20(19)24/h5,7-11,13,18H,4,6,12H2,1-3H3,(H,22,24)/t18-/m0/s1. The van der Waals surface area contributed by atoms with Crippen molar-refractivity contribution in [2.75, 3.05) is 6.54 Å². The number of hydrogen-bond acceptors (Lipinski definition) is 2. The van der Waals surface area contributed by atoms with Gasteiger partial charge in [-0.25, -0.2) is 0 Å². The molecule has 2 aromatic rings. The van der Waals surface area contributed by atoms with Gasteiger partial charge in [-0.1, -0.05) is 37.6 Å². The number of rotatable bonds is 4. The fourth-order valence-electron chi connectivity index (χ4n) is 3.25. The van der Waals surface area contributed by atoms with Gasteiger partial charge in [-0.15, -0.1) is 0 Å². The van der Waals surface area contributed by atoms with Crippen molar-refractivity contribution in [3.63, 3.8) is 0 Å². The molecule has 25 heavy (non-hydrogen) atoms. The van der Waals surface area contributed by atoms with Crippen LogP contribution >= 0.6 is 0 Å². The Morgan fingerprint density at radius 3 is 2.64 bits per heavy atom. The highest BCUT2D eigenvalue weighted by atomic mass is 16.2. The van der Waals surface area contributed by atoms with E-state index in [0.717, 1.165) is 29.7 Å². The minimum Gasteiger partial charge on any atom is -0.328 e. The van der Waals surface area contributed by atoms with Crippen molar-refractivity contribution >= 4 is 5.91 Å². The summed E-state index contributed by atoms with van der Waals surface area (Å²) in [6, 6.07) is 9.42. The molecule has 1 aliphatic rings. The van der Waals surface area contributed by atoms with E-state index < -0.39 is 0 Å². The first-order valence-electron chi connectivity index (χ1n) is 8.80. The average molecular weight is 336 g/mol. The first-order chi connectivity index (χ1) is 12.0. The van der Waals surface area contributed by atoms with E-state index in [4.69, 9.17) is 0 Å². The van der Waals surface area contributed by atoms with Crippen molar-refractivity contribution in [2.45, 2.75) is 39.7 Å². The zero-order valence-electron chi connectivity index (χ0n) is 15.0. The van der Waals surface area contributed by atoms with E-state index in [1.165, 1.54) is 0 Å². The highest BCUT2D eigenvalue weighted by Crippen LogP contribution is 2.21. The molecule has 0 saturated carbocycles. The third kappa shape index (κ3) is 3.43. The summed E-state index contributed by atoms with van der Waals surface area (Å²) in [7, 11) is 0. The summed E-state index contributed by atoms with van der Waals surface area (Å²) in [4.78, 5) is 29.7. The van der Waals surface area contributed by atoms with Gasteiger partial charge < -0.3 is 9.88 Å². The summed E-state index contributed by atoms with van der Waals surface area (Å²) in [6.07, 6.45) is 6.21. The molecule has 1 amide bonds. The molecule has 3 rings (SSSR count). The number of aromatic amines is 1. The molecule has 1 aliphatic heterocycles. The summed E-state index contributed by atoms with van der Waals surface area (Å²) in [5.74, 6) is 0.0454. The summed E-state index contributed by atoms with van der Waals surface area (Å²) < 4.78 is 0.